The van der Waals surface area contributed by atoms with Gasteiger partial charge in [-0.1, -0.05) is 26.0 Å². The highest BCUT2D eigenvalue weighted by atomic mass is 16.5. The Morgan fingerprint density at radius 2 is 1.90 bits per heavy atom. The van der Waals surface area contributed by atoms with Gasteiger partial charge >= 0.3 is 0 Å². The third-order valence-electron chi connectivity index (χ3n) is 4.60. The predicted molar refractivity (Wildman–Crippen MR) is 86.5 cm³/mol. The Kier molecular flexibility index (Phi) is 6.07. The third-order valence-corrected chi connectivity index (χ3v) is 4.60. The van der Waals surface area contributed by atoms with E-state index in [0.29, 0.717) is 0 Å². The Morgan fingerprint density at radius 1 is 1.24 bits per heavy atom. The van der Waals surface area contributed by atoms with Gasteiger partial charge in [-0.15, -0.1) is 0 Å². The molecular formula is C18H29NO2. The van der Waals surface area contributed by atoms with Crippen molar-refractivity contribution < 1.29 is 9.84 Å². The second-order valence-electron chi connectivity index (χ2n) is 6.47. The van der Waals surface area contributed by atoms with Crippen molar-refractivity contribution in [2.45, 2.75) is 58.0 Å². The van der Waals surface area contributed by atoms with Gasteiger partial charge in [0.15, 0.2) is 0 Å². The number of nitrogens with one attached hydrogen (secondary N) is 1. The molecule has 0 aliphatic heterocycles. The molecule has 1 aromatic carbocycles. The molecule has 0 spiro atoms. The molecule has 0 aromatic heterocycles. The molecule has 0 atom stereocenters. The number of hydrogen-bond acceptors (Lipinski definition) is 3. The molecular weight excluding hydrogens is 262 g/mol. The minimum Gasteiger partial charge on any atom is -0.494 e. The average Bonchev–Trinajstić information content (AvgIpc) is 2.54. The van der Waals surface area contributed by atoms with Gasteiger partial charge in [0.05, 0.1) is 13.2 Å². The number of aliphatic hydroxyl groups excluding tert-OH is 1. The molecule has 1 aromatic rings. The molecule has 118 valence electrons. The van der Waals surface area contributed by atoms with Gasteiger partial charge in [0, 0.05) is 12.1 Å². The highest BCUT2D eigenvalue weighted by Crippen LogP contribution is 2.31. The Labute approximate surface area is 128 Å². The lowest BCUT2D eigenvalue weighted by atomic mass is 9.77. The summed E-state index contributed by atoms with van der Waals surface area (Å²) in [5.74, 6) is 1.73. The Morgan fingerprint density at radius 3 is 2.48 bits per heavy atom. The van der Waals surface area contributed by atoms with Gasteiger partial charge in [0.1, 0.15) is 5.75 Å². The lowest BCUT2D eigenvalue weighted by Gasteiger charge is -2.39. The van der Waals surface area contributed by atoms with Gasteiger partial charge in [0.2, 0.25) is 0 Å². The zero-order valence-corrected chi connectivity index (χ0v) is 13.4. The normalized spacial score (nSPS) is 25.8. The van der Waals surface area contributed by atoms with Crippen LogP contribution >= 0.6 is 0 Å². The zero-order valence-electron chi connectivity index (χ0n) is 13.4. The highest BCUT2D eigenvalue weighted by molar-refractivity contribution is 5.27. The van der Waals surface area contributed by atoms with E-state index in [1.165, 1.54) is 18.4 Å². The summed E-state index contributed by atoms with van der Waals surface area (Å²) >= 11 is 0. The van der Waals surface area contributed by atoms with Crippen LogP contribution < -0.4 is 10.1 Å². The minimum atomic E-state index is -0.0795. The fraction of sp³-hybridized carbons (Fsp3) is 0.667. The fourth-order valence-electron chi connectivity index (χ4n) is 2.92. The number of rotatable bonds is 7. The fourth-order valence-corrected chi connectivity index (χ4v) is 2.92. The summed E-state index contributed by atoms with van der Waals surface area (Å²) in [5.41, 5.74) is 1.16. The van der Waals surface area contributed by atoms with E-state index in [1.54, 1.807) is 0 Å². The molecule has 0 amide bonds. The maximum absolute atomic E-state index is 9.76. The topological polar surface area (TPSA) is 41.5 Å². The van der Waals surface area contributed by atoms with E-state index in [0.717, 1.165) is 44.1 Å². The summed E-state index contributed by atoms with van der Waals surface area (Å²) in [5, 5.41) is 13.4. The second-order valence-corrected chi connectivity index (χ2v) is 6.47. The summed E-state index contributed by atoms with van der Waals surface area (Å²) in [7, 11) is 0. The summed E-state index contributed by atoms with van der Waals surface area (Å²) in [6.07, 6.45) is 5.58. The molecule has 0 saturated heterocycles. The molecule has 0 bridgehead atoms. The summed E-state index contributed by atoms with van der Waals surface area (Å²) in [4.78, 5) is 0. The number of aliphatic hydroxyl groups is 1. The van der Waals surface area contributed by atoms with E-state index in [4.69, 9.17) is 4.74 Å². The smallest absolute Gasteiger partial charge is 0.119 e. The van der Waals surface area contributed by atoms with Crippen LogP contribution in [-0.4, -0.2) is 23.9 Å². The van der Waals surface area contributed by atoms with Crippen molar-refractivity contribution in [2.24, 2.45) is 5.92 Å². The standard InChI is InChI=1S/C18H29NO2/c1-3-12-21-17-6-4-16(5-7-17)13-19-18(14-20)10-8-15(2)9-11-18/h4-7,15,19-20H,3,8-14H2,1-2H3. The monoisotopic (exact) mass is 291 g/mol. The Balaban J connectivity index is 1.86. The van der Waals surface area contributed by atoms with Crippen LogP contribution in [-0.2, 0) is 6.54 Å². The first-order valence-corrected chi connectivity index (χ1v) is 8.25. The van der Waals surface area contributed by atoms with Crippen molar-refractivity contribution in [1.82, 2.24) is 5.32 Å². The van der Waals surface area contributed by atoms with Crippen LogP contribution in [0.25, 0.3) is 0 Å². The lowest BCUT2D eigenvalue weighted by Crippen LogP contribution is -2.50. The molecule has 1 fully saturated rings. The van der Waals surface area contributed by atoms with Gasteiger partial charge in [-0.2, -0.15) is 0 Å². The van der Waals surface area contributed by atoms with Crippen LogP contribution in [0.15, 0.2) is 24.3 Å². The van der Waals surface area contributed by atoms with E-state index in [-0.39, 0.29) is 12.1 Å². The Bertz CT molecular complexity index is 408. The number of ether oxygens (including phenoxy) is 1. The third kappa shape index (κ3) is 4.72. The number of hydrogen-bond donors (Lipinski definition) is 2. The molecule has 2 N–H and O–H groups in total. The van der Waals surface area contributed by atoms with Crippen LogP contribution in [0.5, 0.6) is 5.75 Å². The lowest BCUT2D eigenvalue weighted by molar-refractivity contribution is 0.104. The van der Waals surface area contributed by atoms with E-state index in [9.17, 15) is 5.11 Å². The molecule has 0 unspecified atom stereocenters. The van der Waals surface area contributed by atoms with Gasteiger partial charge in [-0.05, 0) is 55.7 Å². The van der Waals surface area contributed by atoms with Crippen LogP contribution in [0.4, 0.5) is 0 Å². The van der Waals surface area contributed by atoms with Crippen LogP contribution in [0.3, 0.4) is 0 Å². The molecule has 0 radical (unpaired) electrons. The first-order chi connectivity index (χ1) is 10.2. The van der Waals surface area contributed by atoms with Crippen LogP contribution in [0, 0.1) is 5.92 Å². The molecule has 1 aliphatic carbocycles. The minimum absolute atomic E-state index is 0.0795. The maximum atomic E-state index is 9.76. The molecule has 1 aliphatic rings. The van der Waals surface area contributed by atoms with E-state index >= 15 is 0 Å². The molecule has 1 saturated carbocycles. The van der Waals surface area contributed by atoms with Crippen molar-refractivity contribution in [3.63, 3.8) is 0 Å². The average molecular weight is 291 g/mol. The molecule has 21 heavy (non-hydrogen) atoms. The van der Waals surface area contributed by atoms with Gasteiger partial charge in [-0.3, -0.25) is 0 Å². The van der Waals surface area contributed by atoms with Crippen molar-refractivity contribution in [3.05, 3.63) is 29.8 Å². The maximum Gasteiger partial charge on any atom is 0.119 e. The summed E-state index contributed by atoms with van der Waals surface area (Å²) in [6.45, 7) is 6.22. The van der Waals surface area contributed by atoms with Gasteiger partial charge < -0.3 is 15.2 Å². The van der Waals surface area contributed by atoms with Crippen LogP contribution in [0.2, 0.25) is 0 Å². The first-order valence-electron chi connectivity index (χ1n) is 8.25. The zero-order chi connectivity index (χ0) is 15.1. The molecule has 3 heteroatoms. The van der Waals surface area contributed by atoms with Gasteiger partial charge in [0.25, 0.3) is 0 Å². The summed E-state index contributed by atoms with van der Waals surface area (Å²) in [6, 6.07) is 8.27. The van der Waals surface area contributed by atoms with Gasteiger partial charge in [-0.25, -0.2) is 0 Å². The quantitative estimate of drug-likeness (QED) is 0.808. The SMILES string of the molecule is CCCOc1ccc(CNC2(CO)CCC(C)CC2)cc1. The highest BCUT2D eigenvalue weighted by Gasteiger charge is 2.32. The van der Waals surface area contributed by atoms with E-state index < -0.39 is 0 Å². The van der Waals surface area contributed by atoms with Crippen molar-refractivity contribution >= 4 is 0 Å². The molecule has 3 nitrogen and oxygen atoms in total. The van der Waals surface area contributed by atoms with Crippen molar-refractivity contribution in [1.29, 1.82) is 0 Å². The van der Waals surface area contributed by atoms with Crippen molar-refractivity contribution in [2.75, 3.05) is 13.2 Å². The largest absolute Gasteiger partial charge is 0.494 e. The number of benzene rings is 1. The van der Waals surface area contributed by atoms with Crippen LogP contribution in [0.1, 0.15) is 51.5 Å². The Hall–Kier alpha value is -1.06. The summed E-state index contributed by atoms with van der Waals surface area (Å²) < 4.78 is 5.60. The molecule has 2 rings (SSSR count). The molecule has 0 heterocycles. The van der Waals surface area contributed by atoms with E-state index in [2.05, 4.69) is 31.3 Å². The predicted octanol–water partition coefficient (Wildman–Crippen LogP) is 3.51. The second kappa shape index (κ2) is 7.81. The van der Waals surface area contributed by atoms with Crippen molar-refractivity contribution in [3.8, 4) is 5.75 Å². The van der Waals surface area contributed by atoms with E-state index in [1.807, 2.05) is 12.1 Å². The first kappa shape index (κ1) is 16.3.